The molecule has 1 aromatic carbocycles. The van der Waals surface area contributed by atoms with Gasteiger partial charge in [0.05, 0.1) is 16.3 Å². The molecule has 1 aliphatic rings. The smallest absolute Gasteiger partial charge is 0.744 e. The Labute approximate surface area is 162 Å². The molecule has 0 bridgehead atoms. The van der Waals surface area contributed by atoms with Crippen LogP contribution in [-0.4, -0.2) is 34.4 Å². The summed E-state index contributed by atoms with van der Waals surface area (Å²) in [5, 5.41) is 0. The summed E-state index contributed by atoms with van der Waals surface area (Å²) >= 11 is 6.24. The maximum absolute atomic E-state index is 11.5. The van der Waals surface area contributed by atoms with Crippen LogP contribution in [0.2, 0.25) is 0 Å². The summed E-state index contributed by atoms with van der Waals surface area (Å²) in [4.78, 5) is 12.5. The van der Waals surface area contributed by atoms with Gasteiger partial charge in [-0.2, -0.15) is 0 Å². The van der Waals surface area contributed by atoms with Gasteiger partial charge >= 0.3 is 51.4 Å². The molecule has 1 aliphatic heterocycles. The van der Waals surface area contributed by atoms with Crippen LogP contribution in [0.4, 0.5) is 5.69 Å². The number of thiocarbonyl (C=S) groups is 1. The zero-order valence-corrected chi connectivity index (χ0v) is 15.4. The van der Waals surface area contributed by atoms with E-state index in [0.717, 1.165) is 12.1 Å². The molecule has 6 nitrogen and oxygen atoms in total. The van der Waals surface area contributed by atoms with Crippen molar-refractivity contribution in [3.05, 3.63) is 24.3 Å². The molecule has 1 amide bonds. The minimum absolute atomic E-state index is 0. The molecule has 0 unspecified atom stereocenters. The van der Waals surface area contributed by atoms with Crippen molar-refractivity contribution >= 4 is 50.0 Å². The van der Waals surface area contributed by atoms with Gasteiger partial charge in [-0.15, -0.1) is 0 Å². The van der Waals surface area contributed by atoms with E-state index < -0.39 is 10.1 Å². The molecule has 0 aromatic heterocycles. The molecule has 0 spiro atoms. The van der Waals surface area contributed by atoms with E-state index in [0.29, 0.717) is 10.0 Å². The number of carbonyl (C=O) groups excluding carboxylic acids is 1. The number of amides is 1. The molecule has 10 heteroatoms. The predicted molar refractivity (Wildman–Crippen MR) is 70.6 cm³/mol. The first-order valence-electron chi connectivity index (χ1n) is 4.45. The Kier molecular flexibility index (Phi) is 7.84. The van der Waals surface area contributed by atoms with E-state index in [9.17, 15) is 17.8 Å². The Bertz CT molecular complexity index is 570. The van der Waals surface area contributed by atoms with E-state index >= 15 is 0 Å². The van der Waals surface area contributed by atoms with Gasteiger partial charge in [0.25, 0.3) is 0 Å². The van der Waals surface area contributed by atoms with Gasteiger partial charge in [-0.3, -0.25) is 9.69 Å². The van der Waals surface area contributed by atoms with Crippen molar-refractivity contribution in [2.24, 2.45) is 0 Å². The van der Waals surface area contributed by atoms with Gasteiger partial charge < -0.3 is 10.0 Å². The van der Waals surface area contributed by atoms with Crippen LogP contribution in [0.5, 0.6) is 0 Å². The average Bonchev–Trinajstić information content (AvgIpc) is 2.58. The standard InChI is InChI=1S/C9H7NO4S3.K.H2O/c11-8-5-16-9(15)10(8)6-1-3-7(4-2-6)17(12,13)14;;/h1-4H,5H2,(H,12,13,14);;1H2/q;+1;/p-1. The van der Waals surface area contributed by atoms with E-state index in [1.165, 1.54) is 28.8 Å². The zero-order chi connectivity index (χ0) is 12.6. The van der Waals surface area contributed by atoms with Crippen molar-refractivity contribution in [2.45, 2.75) is 4.90 Å². The summed E-state index contributed by atoms with van der Waals surface area (Å²) < 4.78 is 32.6. The van der Waals surface area contributed by atoms with Crippen molar-refractivity contribution < 1.29 is 74.6 Å². The van der Waals surface area contributed by atoms with Gasteiger partial charge in [-0.05, 0) is 24.3 Å². The maximum Gasteiger partial charge on any atom is 1.00 e. The van der Waals surface area contributed by atoms with Crippen LogP contribution in [0.25, 0.3) is 0 Å². The Hall–Kier alpha value is 0.636. The number of carbonyl (C=O) groups is 1. The second kappa shape index (κ2) is 7.59. The molecule has 0 radical (unpaired) electrons. The zero-order valence-electron chi connectivity index (χ0n) is 9.82. The molecule has 19 heavy (non-hydrogen) atoms. The van der Waals surface area contributed by atoms with E-state index in [2.05, 4.69) is 0 Å². The Balaban J connectivity index is 0.00000162. The normalized spacial score (nSPS) is 14.9. The summed E-state index contributed by atoms with van der Waals surface area (Å²) in [6.07, 6.45) is 0. The van der Waals surface area contributed by atoms with Crippen molar-refractivity contribution in [3.63, 3.8) is 0 Å². The molecule has 1 fully saturated rings. The molecule has 0 saturated carbocycles. The van der Waals surface area contributed by atoms with Crippen molar-refractivity contribution in [3.8, 4) is 0 Å². The van der Waals surface area contributed by atoms with Crippen LogP contribution >= 0.6 is 24.0 Å². The fraction of sp³-hybridized carbons (Fsp3) is 0.111. The average molecular weight is 345 g/mol. The number of rotatable bonds is 2. The van der Waals surface area contributed by atoms with Gasteiger partial charge in [-0.1, -0.05) is 24.0 Å². The first kappa shape index (κ1) is 19.6. The molecule has 1 saturated heterocycles. The minimum atomic E-state index is -4.46. The Morgan fingerprint density at radius 1 is 1.26 bits per heavy atom. The van der Waals surface area contributed by atoms with Crippen LogP contribution in [0, 0.1) is 0 Å². The van der Waals surface area contributed by atoms with Crippen molar-refractivity contribution in [2.75, 3.05) is 10.7 Å². The summed E-state index contributed by atoms with van der Waals surface area (Å²) in [6, 6.07) is 5.11. The van der Waals surface area contributed by atoms with Gasteiger partial charge in [0.15, 0.2) is 0 Å². The quantitative estimate of drug-likeness (QED) is 0.324. The molecule has 0 atom stereocenters. The third-order valence-electron chi connectivity index (χ3n) is 2.13. The first-order chi connectivity index (χ1) is 7.89. The third-order valence-corrected chi connectivity index (χ3v) is 4.34. The van der Waals surface area contributed by atoms with E-state index in [1.54, 1.807) is 0 Å². The second-order valence-corrected chi connectivity index (χ2v) is 6.22. The second-order valence-electron chi connectivity index (χ2n) is 3.23. The number of thioether (sulfide) groups is 1. The molecule has 2 rings (SSSR count). The van der Waals surface area contributed by atoms with Crippen LogP contribution in [0.3, 0.4) is 0 Å². The predicted octanol–water partition coefficient (Wildman–Crippen LogP) is -2.87. The van der Waals surface area contributed by atoms with E-state index in [-0.39, 0.29) is 73.4 Å². The van der Waals surface area contributed by atoms with Gasteiger partial charge in [-0.25, -0.2) is 8.42 Å². The van der Waals surface area contributed by atoms with E-state index in [4.69, 9.17) is 12.2 Å². The number of nitrogens with zero attached hydrogens (tertiary/aromatic N) is 1. The molecule has 0 aliphatic carbocycles. The van der Waals surface area contributed by atoms with Crippen LogP contribution in [-0.2, 0) is 14.9 Å². The summed E-state index contributed by atoms with van der Waals surface area (Å²) in [5.74, 6) is 0.123. The molecule has 98 valence electrons. The first-order valence-corrected chi connectivity index (χ1v) is 7.25. The third kappa shape index (κ3) is 4.56. The summed E-state index contributed by atoms with van der Waals surface area (Å²) in [6.45, 7) is 0. The molecular formula is C9H8KNO5S3. The van der Waals surface area contributed by atoms with Crippen LogP contribution in [0.15, 0.2) is 29.2 Å². The fourth-order valence-electron chi connectivity index (χ4n) is 1.37. The van der Waals surface area contributed by atoms with Crippen molar-refractivity contribution in [1.82, 2.24) is 0 Å². The van der Waals surface area contributed by atoms with Crippen LogP contribution < -0.4 is 56.3 Å². The largest absolute Gasteiger partial charge is 1.00 e. The van der Waals surface area contributed by atoms with Gasteiger partial charge in [0, 0.05) is 0 Å². The van der Waals surface area contributed by atoms with E-state index in [1.807, 2.05) is 0 Å². The number of benzene rings is 1. The van der Waals surface area contributed by atoms with Gasteiger partial charge in [0.2, 0.25) is 5.91 Å². The fourth-order valence-corrected chi connectivity index (χ4v) is 2.93. The number of hydrogen-bond donors (Lipinski definition) is 0. The van der Waals surface area contributed by atoms with Crippen molar-refractivity contribution in [1.29, 1.82) is 0 Å². The Morgan fingerprint density at radius 2 is 1.79 bits per heavy atom. The molecule has 1 aromatic rings. The number of anilines is 1. The topological polar surface area (TPSA) is 109 Å². The minimum Gasteiger partial charge on any atom is -0.744 e. The monoisotopic (exact) mass is 345 g/mol. The number of hydrogen-bond acceptors (Lipinski definition) is 6. The maximum atomic E-state index is 11.5. The SMILES string of the molecule is O.O=C1CSC(=S)N1c1ccc(S(=O)(=O)[O-])cc1.[K+]. The van der Waals surface area contributed by atoms with Gasteiger partial charge in [0.1, 0.15) is 14.4 Å². The summed E-state index contributed by atoms with van der Waals surface area (Å²) in [5.41, 5.74) is 0.470. The molecule has 2 N–H and O–H groups in total. The Morgan fingerprint density at radius 3 is 2.16 bits per heavy atom. The molecular weight excluding hydrogens is 337 g/mol. The summed E-state index contributed by atoms with van der Waals surface area (Å²) in [7, 11) is -4.46. The molecule has 1 heterocycles. The van der Waals surface area contributed by atoms with Crippen LogP contribution in [0.1, 0.15) is 0 Å².